The summed E-state index contributed by atoms with van der Waals surface area (Å²) in [6.45, 7) is -0.0660. The average molecular weight is 375 g/mol. The predicted octanol–water partition coefficient (Wildman–Crippen LogP) is 3.02. The van der Waals surface area contributed by atoms with E-state index in [-0.39, 0.29) is 29.5 Å². The van der Waals surface area contributed by atoms with Crippen LogP contribution in [0.3, 0.4) is 0 Å². The van der Waals surface area contributed by atoms with Crippen LogP contribution in [-0.4, -0.2) is 22.5 Å². The van der Waals surface area contributed by atoms with E-state index in [9.17, 15) is 29.4 Å². The molecule has 10 nitrogen and oxygen atoms in total. The van der Waals surface area contributed by atoms with E-state index in [4.69, 9.17) is 9.47 Å². The van der Waals surface area contributed by atoms with Gasteiger partial charge in [0.25, 0.3) is 5.69 Å². The fourth-order valence-corrected chi connectivity index (χ4v) is 2.32. The van der Waals surface area contributed by atoms with Crippen molar-refractivity contribution < 1.29 is 28.5 Å². The first-order valence-electron chi connectivity index (χ1n) is 7.36. The molecule has 0 saturated carbocycles. The topological polar surface area (TPSA) is 134 Å². The largest absolute Gasteiger partial charge is 0.454 e. The molecule has 1 N–H and O–H groups in total. The summed E-state index contributed by atoms with van der Waals surface area (Å²) in [4.78, 5) is 32.3. The first-order valence-corrected chi connectivity index (χ1v) is 7.36. The van der Waals surface area contributed by atoms with E-state index in [1.54, 1.807) is 0 Å². The second kappa shape index (κ2) is 7.07. The molecule has 0 unspecified atom stereocenters. The second-order valence-electron chi connectivity index (χ2n) is 5.27. The molecule has 1 aliphatic rings. The minimum atomic E-state index is -1.04. The summed E-state index contributed by atoms with van der Waals surface area (Å²) in [7, 11) is 0. The van der Waals surface area contributed by atoms with E-state index < -0.39 is 27.3 Å². The van der Waals surface area contributed by atoms with Gasteiger partial charge in [-0.3, -0.25) is 25.0 Å². The third-order valence-electron chi connectivity index (χ3n) is 3.54. The Bertz CT molecular complexity index is 990. The van der Waals surface area contributed by atoms with E-state index >= 15 is 0 Å². The van der Waals surface area contributed by atoms with Crippen molar-refractivity contribution in [2.24, 2.45) is 0 Å². The van der Waals surface area contributed by atoms with Gasteiger partial charge < -0.3 is 14.8 Å². The molecule has 138 valence electrons. The Kier molecular flexibility index (Phi) is 4.66. The van der Waals surface area contributed by atoms with Crippen molar-refractivity contribution in [1.82, 2.24) is 0 Å². The molecule has 1 heterocycles. The van der Waals surface area contributed by atoms with Gasteiger partial charge in [0.2, 0.25) is 18.5 Å². The first-order chi connectivity index (χ1) is 12.8. The Balaban J connectivity index is 1.80. The van der Waals surface area contributed by atoms with Gasteiger partial charge in [-0.15, -0.1) is 0 Å². The number of hydrogen-bond donors (Lipinski definition) is 1. The summed E-state index contributed by atoms with van der Waals surface area (Å²) in [6, 6.07) is 5.40. The van der Waals surface area contributed by atoms with Crippen LogP contribution >= 0.6 is 0 Å². The predicted molar refractivity (Wildman–Crippen MR) is 89.9 cm³/mol. The van der Waals surface area contributed by atoms with Gasteiger partial charge in [-0.25, -0.2) is 0 Å². The SMILES string of the molecule is O=C(/C=C/c1cc2c(cc1[N+](=O)[O-])OCO2)Nc1ccc(F)c([N+](=O)[O-])c1. The molecule has 0 aliphatic carbocycles. The number of halogens is 1. The minimum absolute atomic E-state index is 0.00191. The molecule has 0 bridgehead atoms. The van der Waals surface area contributed by atoms with E-state index in [0.717, 1.165) is 24.3 Å². The lowest BCUT2D eigenvalue weighted by atomic mass is 10.1. The number of rotatable bonds is 5. The molecule has 0 spiro atoms. The van der Waals surface area contributed by atoms with Crippen molar-refractivity contribution in [3.8, 4) is 11.5 Å². The zero-order valence-electron chi connectivity index (χ0n) is 13.4. The molecule has 0 fully saturated rings. The highest BCUT2D eigenvalue weighted by Gasteiger charge is 2.22. The van der Waals surface area contributed by atoms with Gasteiger partial charge >= 0.3 is 5.69 Å². The van der Waals surface area contributed by atoms with Crippen molar-refractivity contribution in [2.75, 3.05) is 12.1 Å². The molecule has 0 aromatic heterocycles. The zero-order chi connectivity index (χ0) is 19.6. The van der Waals surface area contributed by atoms with E-state index in [0.29, 0.717) is 5.75 Å². The Morgan fingerprint density at radius 3 is 2.41 bits per heavy atom. The number of amides is 1. The van der Waals surface area contributed by atoms with Crippen molar-refractivity contribution in [3.63, 3.8) is 0 Å². The smallest absolute Gasteiger partial charge is 0.306 e. The highest BCUT2D eigenvalue weighted by atomic mass is 19.1. The van der Waals surface area contributed by atoms with Gasteiger partial charge in [-0.1, -0.05) is 0 Å². The van der Waals surface area contributed by atoms with Crippen LogP contribution in [0.4, 0.5) is 21.5 Å². The van der Waals surface area contributed by atoms with Crippen molar-refractivity contribution >= 4 is 29.0 Å². The standard InChI is InChI=1S/C16H10FN3O7/c17-11-3-2-10(6-13(11)20(24)25)18-16(21)4-1-9-5-14-15(27-8-26-14)7-12(9)19(22)23/h1-7H,8H2,(H,18,21)/b4-1+. The second-order valence-corrected chi connectivity index (χ2v) is 5.27. The maximum absolute atomic E-state index is 13.3. The van der Waals surface area contributed by atoms with Crippen LogP contribution in [0.15, 0.2) is 36.4 Å². The van der Waals surface area contributed by atoms with Crippen LogP contribution in [-0.2, 0) is 4.79 Å². The number of nitro benzene ring substituents is 2. The summed E-state index contributed by atoms with van der Waals surface area (Å²) >= 11 is 0. The van der Waals surface area contributed by atoms with Gasteiger partial charge in [0.15, 0.2) is 11.5 Å². The van der Waals surface area contributed by atoms with Gasteiger partial charge in [0.1, 0.15) is 0 Å². The molecule has 0 saturated heterocycles. The normalized spacial score (nSPS) is 12.2. The Morgan fingerprint density at radius 1 is 1.07 bits per heavy atom. The van der Waals surface area contributed by atoms with Gasteiger partial charge in [0.05, 0.1) is 21.5 Å². The molecule has 0 radical (unpaired) electrons. The van der Waals surface area contributed by atoms with Gasteiger partial charge in [0, 0.05) is 17.8 Å². The number of benzene rings is 2. The van der Waals surface area contributed by atoms with E-state index in [1.165, 1.54) is 18.2 Å². The average Bonchev–Trinajstić information content (AvgIpc) is 3.07. The number of hydrogen-bond acceptors (Lipinski definition) is 7. The minimum Gasteiger partial charge on any atom is -0.454 e. The summed E-state index contributed by atoms with van der Waals surface area (Å²) in [6.07, 6.45) is 2.19. The third-order valence-corrected chi connectivity index (χ3v) is 3.54. The van der Waals surface area contributed by atoms with E-state index in [1.807, 2.05) is 0 Å². The van der Waals surface area contributed by atoms with Crippen LogP contribution < -0.4 is 14.8 Å². The number of fused-ring (bicyclic) bond motifs is 1. The highest BCUT2D eigenvalue weighted by molar-refractivity contribution is 6.02. The maximum Gasteiger partial charge on any atom is 0.306 e. The lowest BCUT2D eigenvalue weighted by molar-refractivity contribution is -0.387. The molecule has 2 aromatic carbocycles. The first kappa shape index (κ1) is 17.8. The number of nitro groups is 2. The van der Waals surface area contributed by atoms with Crippen molar-refractivity contribution in [3.05, 3.63) is 68.0 Å². The van der Waals surface area contributed by atoms with Crippen LogP contribution in [0.25, 0.3) is 6.08 Å². The molecule has 1 amide bonds. The third kappa shape index (κ3) is 3.81. The van der Waals surface area contributed by atoms with Gasteiger partial charge in [-0.2, -0.15) is 4.39 Å². The molecule has 27 heavy (non-hydrogen) atoms. The number of nitrogens with one attached hydrogen (secondary N) is 1. The molecular formula is C16H10FN3O7. The number of carbonyl (C=O) groups is 1. The molecule has 0 atom stereocenters. The van der Waals surface area contributed by atoms with Crippen molar-refractivity contribution in [2.45, 2.75) is 0 Å². The zero-order valence-corrected chi connectivity index (χ0v) is 13.4. The monoisotopic (exact) mass is 375 g/mol. The number of carbonyl (C=O) groups excluding carboxylic acids is 1. The summed E-state index contributed by atoms with van der Waals surface area (Å²) in [5.74, 6) is -1.23. The van der Waals surface area contributed by atoms with Crippen LogP contribution in [0, 0.1) is 26.0 Å². The van der Waals surface area contributed by atoms with Crippen LogP contribution in [0.1, 0.15) is 5.56 Å². The summed E-state index contributed by atoms with van der Waals surface area (Å²) < 4.78 is 23.5. The number of ether oxygens (including phenoxy) is 2. The summed E-state index contributed by atoms with van der Waals surface area (Å²) in [5, 5.41) is 24.2. The Morgan fingerprint density at radius 2 is 1.74 bits per heavy atom. The highest BCUT2D eigenvalue weighted by Crippen LogP contribution is 2.38. The Hall–Kier alpha value is -4.02. The van der Waals surface area contributed by atoms with Crippen LogP contribution in [0.2, 0.25) is 0 Å². The van der Waals surface area contributed by atoms with Gasteiger partial charge in [-0.05, 0) is 24.3 Å². The fourth-order valence-electron chi connectivity index (χ4n) is 2.32. The number of anilines is 1. The molecule has 3 rings (SSSR count). The Labute approximate surface area is 150 Å². The van der Waals surface area contributed by atoms with Crippen molar-refractivity contribution in [1.29, 1.82) is 0 Å². The molecule has 11 heteroatoms. The molecular weight excluding hydrogens is 365 g/mol. The fraction of sp³-hybridized carbons (Fsp3) is 0.0625. The molecule has 1 aliphatic heterocycles. The molecule has 2 aromatic rings. The lowest BCUT2D eigenvalue weighted by Gasteiger charge is -2.03. The summed E-state index contributed by atoms with van der Waals surface area (Å²) in [5.41, 5.74) is -0.980. The van der Waals surface area contributed by atoms with E-state index in [2.05, 4.69) is 5.32 Å². The quantitative estimate of drug-likeness (QED) is 0.482. The number of nitrogens with zero attached hydrogens (tertiary/aromatic N) is 2. The lowest BCUT2D eigenvalue weighted by Crippen LogP contribution is -2.08. The maximum atomic E-state index is 13.3. The van der Waals surface area contributed by atoms with Crippen LogP contribution in [0.5, 0.6) is 11.5 Å².